The van der Waals surface area contributed by atoms with E-state index in [0.29, 0.717) is 21.6 Å². The van der Waals surface area contributed by atoms with Gasteiger partial charge in [-0.3, -0.25) is 19.2 Å². The number of esters is 2. The number of nitrogens with zero attached hydrogens (tertiary/aromatic N) is 2. The van der Waals surface area contributed by atoms with Gasteiger partial charge in [0.2, 0.25) is 10.8 Å². The second-order valence-corrected chi connectivity index (χ2v) is 8.67. The highest BCUT2D eigenvalue weighted by Gasteiger charge is 2.79. The van der Waals surface area contributed by atoms with Crippen LogP contribution >= 0.6 is 15.9 Å². The highest BCUT2D eigenvalue weighted by molar-refractivity contribution is 9.10. The standard InChI is InChI=1S/C23H21BrN2O7/c1-25-16-10-12(24)6-8-14(16)22(18(25)27,20(29)32-4)23(21(30)33-5)15-9-7-13(31-3)11-17(15)26(2)19(23)28/h6-11H,1-5H3/t22-,23-/m1/s1. The van der Waals surface area contributed by atoms with Gasteiger partial charge < -0.3 is 24.0 Å². The number of amides is 2. The third-order valence-electron chi connectivity index (χ3n) is 6.49. The summed E-state index contributed by atoms with van der Waals surface area (Å²) in [6, 6.07) is 9.43. The normalized spacial score (nSPS) is 23.3. The van der Waals surface area contributed by atoms with Crippen LogP contribution in [0.15, 0.2) is 40.9 Å². The van der Waals surface area contributed by atoms with Gasteiger partial charge in [0.15, 0.2) is 0 Å². The molecule has 2 aromatic rings. The Hall–Kier alpha value is -3.40. The van der Waals surface area contributed by atoms with Crippen LogP contribution in [0.2, 0.25) is 0 Å². The average molecular weight is 517 g/mol. The van der Waals surface area contributed by atoms with E-state index in [1.165, 1.54) is 43.1 Å². The number of hydrogen-bond acceptors (Lipinski definition) is 7. The lowest BCUT2D eigenvalue weighted by atomic mass is 9.57. The molecule has 0 saturated carbocycles. The Morgan fingerprint density at radius 3 is 1.70 bits per heavy atom. The van der Waals surface area contributed by atoms with E-state index in [0.717, 1.165) is 14.2 Å². The molecule has 0 N–H and O–H groups in total. The van der Waals surface area contributed by atoms with Crippen molar-refractivity contribution in [1.29, 1.82) is 0 Å². The molecule has 2 aromatic carbocycles. The van der Waals surface area contributed by atoms with Gasteiger partial charge in [-0.1, -0.05) is 28.1 Å². The molecule has 10 heteroatoms. The molecule has 0 spiro atoms. The Morgan fingerprint density at radius 2 is 1.24 bits per heavy atom. The number of methoxy groups -OCH3 is 3. The first-order valence-corrected chi connectivity index (χ1v) is 10.7. The van der Waals surface area contributed by atoms with Crippen LogP contribution in [0.25, 0.3) is 0 Å². The fraction of sp³-hybridized carbons (Fsp3) is 0.304. The number of hydrogen-bond donors (Lipinski definition) is 0. The van der Waals surface area contributed by atoms with Gasteiger partial charge in [0.1, 0.15) is 5.75 Å². The monoisotopic (exact) mass is 516 g/mol. The minimum atomic E-state index is -2.37. The van der Waals surface area contributed by atoms with E-state index >= 15 is 0 Å². The molecule has 0 fully saturated rings. The van der Waals surface area contributed by atoms with E-state index in [9.17, 15) is 19.2 Å². The fourth-order valence-electron chi connectivity index (χ4n) is 5.02. The van der Waals surface area contributed by atoms with Crippen molar-refractivity contribution in [1.82, 2.24) is 0 Å². The van der Waals surface area contributed by atoms with Gasteiger partial charge in [0, 0.05) is 41.4 Å². The molecule has 33 heavy (non-hydrogen) atoms. The topological polar surface area (TPSA) is 102 Å². The summed E-state index contributed by atoms with van der Waals surface area (Å²) in [6.07, 6.45) is 0. The van der Waals surface area contributed by atoms with Crippen molar-refractivity contribution in [2.45, 2.75) is 10.8 Å². The predicted octanol–water partition coefficient (Wildman–Crippen LogP) is 1.93. The summed E-state index contributed by atoms with van der Waals surface area (Å²) in [6.45, 7) is 0. The molecule has 0 saturated heterocycles. The maximum atomic E-state index is 14.0. The number of carbonyl (C=O) groups excluding carboxylic acids is 4. The predicted molar refractivity (Wildman–Crippen MR) is 121 cm³/mol. The molecule has 172 valence electrons. The van der Waals surface area contributed by atoms with E-state index in [-0.39, 0.29) is 11.1 Å². The van der Waals surface area contributed by atoms with Crippen LogP contribution in [0.1, 0.15) is 11.1 Å². The first-order chi connectivity index (χ1) is 15.6. The maximum absolute atomic E-state index is 14.0. The molecule has 2 aliphatic heterocycles. The molecule has 2 atom stereocenters. The van der Waals surface area contributed by atoms with Crippen molar-refractivity contribution >= 4 is 51.1 Å². The lowest BCUT2D eigenvalue weighted by Crippen LogP contribution is -2.67. The Balaban J connectivity index is 2.23. The second kappa shape index (κ2) is 7.58. The summed E-state index contributed by atoms with van der Waals surface area (Å²) in [5.74, 6) is -3.23. The average Bonchev–Trinajstić information content (AvgIpc) is 3.18. The van der Waals surface area contributed by atoms with Crippen LogP contribution < -0.4 is 14.5 Å². The highest BCUT2D eigenvalue weighted by Crippen LogP contribution is 2.59. The summed E-state index contributed by atoms with van der Waals surface area (Å²) in [7, 11) is 6.61. The zero-order chi connectivity index (χ0) is 24.3. The molecule has 0 bridgehead atoms. The Kier molecular flexibility index (Phi) is 5.24. The zero-order valence-electron chi connectivity index (χ0n) is 18.6. The van der Waals surface area contributed by atoms with E-state index in [4.69, 9.17) is 14.2 Å². The highest BCUT2D eigenvalue weighted by atomic mass is 79.9. The SMILES string of the molecule is COC(=O)[C@]1([C@@]2(C(=O)OC)C(=O)N(C)c3cc(OC)ccc32)C(=O)N(C)c2cc(Br)ccc21. The van der Waals surface area contributed by atoms with Gasteiger partial charge in [0.25, 0.3) is 11.8 Å². The third kappa shape index (κ3) is 2.52. The smallest absolute Gasteiger partial charge is 0.328 e. The van der Waals surface area contributed by atoms with E-state index in [2.05, 4.69) is 15.9 Å². The number of rotatable bonds is 4. The van der Waals surface area contributed by atoms with Crippen LogP contribution in [0, 0.1) is 0 Å². The molecule has 9 nitrogen and oxygen atoms in total. The summed E-state index contributed by atoms with van der Waals surface area (Å²) in [5.41, 5.74) is -3.73. The lowest BCUT2D eigenvalue weighted by Gasteiger charge is -2.39. The minimum absolute atomic E-state index is 0.144. The Bertz CT molecular complexity index is 1230. The van der Waals surface area contributed by atoms with Crippen LogP contribution in [-0.4, -0.2) is 59.2 Å². The number of benzene rings is 2. The number of carbonyl (C=O) groups is 4. The van der Waals surface area contributed by atoms with Gasteiger partial charge in [-0.25, -0.2) is 0 Å². The summed E-state index contributed by atoms with van der Waals surface area (Å²) < 4.78 is 16.2. The van der Waals surface area contributed by atoms with Crippen molar-refractivity contribution < 1.29 is 33.4 Å². The second-order valence-electron chi connectivity index (χ2n) is 7.76. The first-order valence-electron chi connectivity index (χ1n) is 9.86. The van der Waals surface area contributed by atoms with E-state index in [1.807, 2.05) is 0 Å². The Labute approximate surface area is 198 Å². The number of ether oxygens (including phenoxy) is 3. The summed E-state index contributed by atoms with van der Waals surface area (Å²) >= 11 is 3.37. The molecule has 2 amide bonds. The zero-order valence-corrected chi connectivity index (χ0v) is 20.2. The largest absolute Gasteiger partial charge is 0.497 e. The molecule has 0 radical (unpaired) electrons. The van der Waals surface area contributed by atoms with Crippen LogP contribution in [0.5, 0.6) is 5.75 Å². The number of likely N-dealkylation sites (N-methyl/N-ethyl adjacent to an activating group) is 2. The van der Waals surface area contributed by atoms with E-state index < -0.39 is 34.6 Å². The van der Waals surface area contributed by atoms with Crippen molar-refractivity contribution in [3.05, 3.63) is 52.0 Å². The Morgan fingerprint density at radius 1 is 0.788 bits per heavy atom. The number of anilines is 2. The molecule has 0 aromatic heterocycles. The van der Waals surface area contributed by atoms with Gasteiger partial charge in [-0.2, -0.15) is 0 Å². The first kappa shape index (κ1) is 22.8. The van der Waals surface area contributed by atoms with Gasteiger partial charge >= 0.3 is 11.9 Å². The van der Waals surface area contributed by atoms with Crippen molar-refractivity contribution in [2.75, 3.05) is 45.2 Å². The molecule has 0 unspecified atom stereocenters. The van der Waals surface area contributed by atoms with E-state index in [1.54, 1.807) is 24.3 Å². The third-order valence-corrected chi connectivity index (χ3v) is 6.99. The van der Waals surface area contributed by atoms with Crippen LogP contribution in [0.4, 0.5) is 11.4 Å². The summed E-state index contributed by atoms with van der Waals surface area (Å²) in [4.78, 5) is 57.8. The quantitative estimate of drug-likeness (QED) is 0.451. The fourth-order valence-corrected chi connectivity index (χ4v) is 5.37. The van der Waals surface area contributed by atoms with Gasteiger partial charge in [0.05, 0.1) is 27.0 Å². The molecule has 4 rings (SSSR count). The van der Waals surface area contributed by atoms with Crippen molar-refractivity contribution in [3.8, 4) is 5.75 Å². The molecular formula is C23H21BrN2O7. The maximum Gasteiger partial charge on any atom is 0.328 e. The lowest BCUT2D eigenvalue weighted by molar-refractivity contribution is -0.168. The molecular weight excluding hydrogens is 496 g/mol. The minimum Gasteiger partial charge on any atom is -0.497 e. The van der Waals surface area contributed by atoms with Gasteiger partial charge in [-0.15, -0.1) is 0 Å². The summed E-state index contributed by atoms with van der Waals surface area (Å²) in [5, 5.41) is 0. The number of halogens is 1. The van der Waals surface area contributed by atoms with Gasteiger partial charge in [-0.05, 0) is 18.2 Å². The number of fused-ring (bicyclic) bond motifs is 2. The molecule has 0 aliphatic carbocycles. The van der Waals surface area contributed by atoms with Crippen LogP contribution in [-0.2, 0) is 39.5 Å². The molecule has 2 aliphatic rings. The van der Waals surface area contributed by atoms with Crippen molar-refractivity contribution in [3.63, 3.8) is 0 Å². The van der Waals surface area contributed by atoms with Crippen molar-refractivity contribution in [2.24, 2.45) is 0 Å². The molecule has 2 heterocycles. The van der Waals surface area contributed by atoms with Crippen LogP contribution in [0.3, 0.4) is 0 Å².